The smallest absolute Gasteiger partial charge is 0.223 e. The topological polar surface area (TPSA) is 36.1 Å². The molecule has 2 aliphatic rings. The Morgan fingerprint density at radius 1 is 1.40 bits per heavy atom. The van der Waals surface area contributed by atoms with Crippen molar-refractivity contribution in [1.29, 1.82) is 0 Å². The highest BCUT2D eigenvalue weighted by molar-refractivity contribution is 5.89. The Hall–Kier alpha value is -1.77. The molecule has 1 aromatic heterocycles. The summed E-state index contributed by atoms with van der Waals surface area (Å²) in [6.07, 6.45) is 1.64. The molecule has 1 fully saturated rings. The Labute approximate surface area is 119 Å². The van der Waals surface area contributed by atoms with Gasteiger partial charge < -0.3 is 9.88 Å². The molecule has 2 aromatic rings. The summed E-state index contributed by atoms with van der Waals surface area (Å²) in [5, 5.41) is 1.34. The number of para-hydroxylation sites is 1. The number of carbonyl (C=O) groups excluding carboxylic acids is 1. The number of rotatable bonds is 0. The monoisotopic (exact) mass is 268 g/mol. The van der Waals surface area contributed by atoms with Crippen LogP contribution in [0.5, 0.6) is 0 Å². The highest BCUT2D eigenvalue weighted by Gasteiger charge is 2.52. The number of hydrogen-bond acceptors (Lipinski definition) is 1. The molecule has 0 unspecified atom stereocenters. The highest BCUT2D eigenvalue weighted by atomic mass is 16.2. The van der Waals surface area contributed by atoms with E-state index in [9.17, 15) is 4.79 Å². The fourth-order valence-electron chi connectivity index (χ4n) is 4.17. The van der Waals surface area contributed by atoms with Gasteiger partial charge in [0.05, 0.1) is 5.54 Å². The number of benzene rings is 1. The zero-order valence-electron chi connectivity index (χ0n) is 12.3. The third-order valence-corrected chi connectivity index (χ3v) is 5.54. The quantitative estimate of drug-likeness (QED) is 0.783. The van der Waals surface area contributed by atoms with Crippen molar-refractivity contribution in [3.8, 4) is 0 Å². The third-order valence-electron chi connectivity index (χ3n) is 5.54. The molecular weight excluding hydrogens is 248 g/mol. The number of hydrogen-bond donors (Lipinski definition) is 1. The van der Waals surface area contributed by atoms with Gasteiger partial charge in [-0.25, -0.2) is 0 Å². The summed E-state index contributed by atoms with van der Waals surface area (Å²) in [5.74, 6) is 0.670. The summed E-state index contributed by atoms with van der Waals surface area (Å²) in [5.41, 5.74) is 5.06. The highest BCUT2D eigenvalue weighted by Crippen LogP contribution is 2.48. The van der Waals surface area contributed by atoms with E-state index in [4.69, 9.17) is 0 Å². The van der Waals surface area contributed by atoms with Crippen molar-refractivity contribution in [2.45, 2.75) is 39.2 Å². The van der Waals surface area contributed by atoms with E-state index in [0.717, 1.165) is 13.0 Å². The number of aromatic nitrogens is 1. The van der Waals surface area contributed by atoms with Gasteiger partial charge in [-0.05, 0) is 37.3 Å². The Morgan fingerprint density at radius 3 is 3.00 bits per heavy atom. The number of carbonyl (C=O) groups is 1. The van der Waals surface area contributed by atoms with Crippen molar-refractivity contribution in [1.82, 2.24) is 9.88 Å². The molecule has 1 aromatic carbocycles. The summed E-state index contributed by atoms with van der Waals surface area (Å²) in [7, 11) is 0. The van der Waals surface area contributed by atoms with Gasteiger partial charge in [-0.2, -0.15) is 0 Å². The zero-order chi connectivity index (χ0) is 14.1. The average Bonchev–Trinajstić information content (AvgIpc) is 2.89. The van der Waals surface area contributed by atoms with Crippen LogP contribution in [0.15, 0.2) is 18.2 Å². The molecule has 1 N–H and O–H groups in total. The fourth-order valence-corrected chi connectivity index (χ4v) is 4.17. The maximum absolute atomic E-state index is 12.2. The maximum Gasteiger partial charge on any atom is 0.223 e. The van der Waals surface area contributed by atoms with Gasteiger partial charge in [0, 0.05) is 29.6 Å². The van der Waals surface area contributed by atoms with Crippen molar-refractivity contribution in [2.75, 3.05) is 6.54 Å². The molecule has 2 atom stereocenters. The lowest BCUT2D eigenvalue weighted by Gasteiger charge is -2.42. The third kappa shape index (κ3) is 1.23. The molecular formula is C17H20N2O. The summed E-state index contributed by atoms with van der Waals surface area (Å²) >= 11 is 0. The van der Waals surface area contributed by atoms with E-state index in [1.54, 1.807) is 0 Å². The first-order valence-electron chi connectivity index (χ1n) is 7.44. The van der Waals surface area contributed by atoms with Gasteiger partial charge in [0.2, 0.25) is 5.91 Å². The fraction of sp³-hybridized carbons (Fsp3) is 0.471. The number of amides is 1. The molecule has 20 heavy (non-hydrogen) atoms. The largest absolute Gasteiger partial charge is 0.356 e. The average molecular weight is 268 g/mol. The van der Waals surface area contributed by atoms with Crippen LogP contribution >= 0.6 is 0 Å². The predicted molar refractivity (Wildman–Crippen MR) is 79.6 cm³/mol. The SMILES string of the molecule is Cc1cccc2c3c([nH]c12)[C@]1(C)[C@@H](C)CC(=O)N1CC3. The Morgan fingerprint density at radius 2 is 2.20 bits per heavy atom. The number of H-pyrrole nitrogens is 1. The van der Waals surface area contributed by atoms with Crippen molar-refractivity contribution < 1.29 is 4.79 Å². The molecule has 104 valence electrons. The van der Waals surface area contributed by atoms with E-state index in [-0.39, 0.29) is 5.54 Å². The molecule has 2 aliphatic heterocycles. The lowest BCUT2D eigenvalue weighted by atomic mass is 9.80. The van der Waals surface area contributed by atoms with Crippen LogP contribution in [0, 0.1) is 12.8 Å². The summed E-state index contributed by atoms with van der Waals surface area (Å²) < 4.78 is 0. The zero-order valence-corrected chi connectivity index (χ0v) is 12.3. The minimum atomic E-state index is -0.157. The van der Waals surface area contributed by atoms with Crippen LogP contribution < -0.4 is 0 Å². The van der Waals surface area contributed by atoms with Gasteiger partial charge >= 0.3 is 0 Å². The van der Waals surface area contributed by atoms with Gasteiger partial charge in [-0.15, -0.1) is 0 Å². The normalized spacial score (nSPS) is 28.9. The molecule has 0 radical (unpaired) electrons. The molecule has 3 nitrogen and oxygen atoms in total. The minimum Gasteiger partial charge on any atom is -0.356 e. The number of fused-ring (bicyclic) bond motifs is 5. The van der Waals surface area contributed by atoms with Crippen LogP contribution in [0.3, 0.4) is 0 Å². The van der Waals surface area contributed by atoms with Crippen molar-refractivity contribution in [2.24, 2.45) is 5.92 Å². The second-order valence-electron chi connectivity index (χ2n) is 6.52. The number of aryl methyl sites for hydroxylation is 1. The molecule has 0 aliphatic carbocycles. The molecule has 0 saturated carbocycles. The van der Waals surface area contributed by atoms with Crippen LogP contribution in [0.1, 0.15) is 37.1 Å². The predicted octanol–water partition coefficient (Wildman–Crippen LogP) is 3.12. The Bertz CT molecular complexity index is 730. The van der Waals surface area contributed by atoms with Gasteiger partial charge in [0.25, 0.3) is 0 Å². The van der Waals surface area contributed by atoms with E-state index < -0.39 is 0 Å². The second kappa shape index (κ2) is 3.66. The first-order chi connectivity index (χ1) is 9.53. The van der Waals surface area contributed by atoms with Crippen molar-refractivity contribution in [3.05, 3.63) is 35.0 Å². The standard InChI is InChI=1S/C17H20N2O/c1-10-5-4-6-12-13-7-8-19-14(20)9-11(2)17(19,3)16(13)18-15(10)12/h4-6,11,18H,7-9H2,1-3H3/t11-,17-/m0/s1. The van der Waals surface area contributed by atoms with E-state index >= 15 is 0 Å². The van der Waals surface area contributed by atoms with E-state index in [1.807, 2.05) is 0 Å². The van der Waals surface area contributed by atoms with Gasteiger partial charge in [0.1, 0.15) is 0 Å². The summed E-state index contributed by atoms with van der Waals surface area (Å²) in [4.78, 5) is 18.0. The Kier molecular flexibility index (Phi) is 2.20. The number of nitrogens with zero attached hydrogens (tertiary/aromatic N) is 1. The molecule has 4 rings (SSSR count). The van der Waals surface area contributed by atoms with Crippen LogP contribution in [0.4, 0.5) is 0 Å². The minimum absolute atomic E-state index is 0.157. The molecule has 1 amide bonds. The van der Waals surface area contributed by atoms with Gasteiger partial charge in [-0.3, -0.25) is 4.79 Å². The second-order valence-corrected chi connectivity index (χ2v) is 6.52. The number of nitrogens with one attached hydrogen (secondary N) is 1. The van der Waals surface area contributed by atoms with Crippen LogP contribution in [-0.4, -0.2) is 22.3 Å². The van der Waals surface area contributed by atoms with Crippen molar-refractivity contribution in [3.63, 3.8) is 0 Å². The van der Waals surface area contributed by atoms with E-state index in [1.165, 1.54) is 27.7 Å². The first-order valence-corrected chi connectivity index (χ1v) is 7.44. The maximum atomic E-state index is 12.2. The molecule has 0 bridgehead atoms. The molecule has 3 heterocycles. The van der Waals surface area contributed by atoms with Crippen LogP contribution in [-0.2, 0) is 16.8 Å². The van der Waals surface area contributed by atoms with E-state index in [2.05, 4.69) is 48.9 Å². The van der Waals surface area contributed by atoms with Gasteiger partial charge in [0.15, 0.2) is 0 Å². The summed E-state index contributed by atoms with van der Waals surface area (Å²) in [6, 6.07) is 6.48. The van der Waals surface area contributed by atoms with Crippen molar-refractivity contribution >= 4 is 16.8 Å². The Balaban J connectivity index is 2.03. The lowest BCUT2D eigenvalue weighted by molar-refractivity contribution is -0.131. The lowest BCUT2D eigenvalue weighted by Crippen LogP contribution is -2.48. The molecule has 0 spiro atoms. The molecule has 1 saturated heterocycles. The first kappa shape index (κ1) is 12.0. The molecule has 3 heteroatoms. The van der Waals surface area contributed by atoms with Gasteiger partial charge in [-0.1, -0.05) is 25.1 Å². The van der Waals surface area contributed by atoms with Crippen LogP contribution in [0.2, 0.25) is 0 Å². The summed E-state index contributed by atoms with van der Waals surface area (Å²) in [6.45, 7) is 7.43. The van der Waals surface area contributed by atoms with Crippen LogP contribution in [0.25, 0.3) is 10.9 Å². The number of aromatic amines is 1. The van der Waals surface area contributed by atoms with E-state index in [0.29, 0.717) is 18.2 Å².